The van der Waals surface area contributed by atoms with Gasteiger partial charge >= 0.3 is 0 Å². The number of carbonyl (C=O) groups excluding carboxylic acids is 1. The van der Waals surface area contributed by atoms with Gasteiger partial charge in [-0.3, -0.25) is 4.79 Å². The number of nitrogens with one attached hydrogen (secondary N) is 2. The summed E-state index contributed by atoms with van der Waals surface area (Å²) in [4.78, 5) is 11.9. The second-order valence-corrected chi connectivity index (χ2v) is 5.20. The average Bonchev–Trinajstić information content (AvgIpc) is 2.70. The van der Waals surface area contributed by atoms with Crippen molar-refractivity contribution in [3.8, 4) is 0 Å². The van der Waals surface area contributed by atoms with Crippen molar-refractivity contribution in [3.05, 3.63) is 0 Å². The van der Waals surface area contributed by atoms with Gasteiger partial charge in [-0.1, -0.05) is 6.92 Å². The molecular weight excluding hydrogens is 220 g/mol. The third-order valence-electron chi connectivity index (χ3n) is 3.34. The van der Waals surface area contributed by atoms with Crippen LogP contribution in [0.2, 0.25) is 0 Å². The van der Waals surface area contributed by atoms with E-state index in [-0.39, 0.29) is 18.4 Å². The number of hydrogen-bond acceptors (Lipinski definition) is 4. The lowest BCUT2D eigenvalue weighted by atomic mass is 9.96. The zero-order chi connectivity index (χ0) is 12.9. The lowest BCUT2D eigenvalue weighted by Gasteiger charge is -2.24. The van der Waals surface area contributed by atoms with Gasteiger partial charge in [0.2, 0.25) is 5.91 Å². The van der Waals surface area contributed by atoms with E-state index in [0.29, 0.717) is 18.9 Å². The summed E-state index contributed by atoms with van der Waals surface area (Å²) in [6.45, 7) is 6.16. The Hall–Kier alpha value is -0.650. The largest absolute Gasteiger partial charge is 0.388 e. The molecule has 0 bridgehead atoms. The van der Waals surface area contributed by atoms with Crippen molar-refractivity contribution in [3.63, 3.8) is 0 Å². The van der Waals surface area contributed by atoms with Crippen LogP contribution in [0.4, 0.5) is 0 Å². The SMILES string of the molecule is COCCC(C)(O)CNC(=O)[C@@H]1CNC[C@H]1C. The van der Waals surface area contributed by atoms with E-state index in [1.807, 2.05) is 0 Å². The van der Waals surface area contributed by atoms with Gasteiger partial charge in [0.25, 0.3) is 0 Å². The molecule has 0 spiro atoms. The van der Waals surface area contributed by atoms with Crippen molar-refractivity contribution >= 4 is 5.91 Å². The van der Waals surface area contributed by atoms with Gasteiger partial charge in [0.15, 0.2) is 0 Å². The van der Waals surface area contributed by atoms with Crippen LogP contribution in [0.15, 0.2) is 0 Å². The van der Waals surface area contributed by atoms with E-state index in [9.17, 15) is 9.90 Å². The standard InChI is InChI=1S/C12H24N2O3/c1-9-6-13-7-10(9)11(15)14-8-12(2,16)4-5-17-3/h9-10,13,16H,4-8H2,1-3H3,(H,14,15)/t9-,10-,12?/m1/s1. The Kier molecular flexibility index (Phi) is 5.36. The Morgan fingerprint density at radius 3 is 2.82 bits per heavy atom. The molecule has 5 nitrogen and oxygen atoms in total. The van der Waals surface area contributed by atoms with Crippen LogP contribution < -0.4 is 10.6 Å². The minimum atomic E-state index is -0.902. The molecule has 1 heterocycles. The number of methoxy groups -OCH3 is 1. The van der Waals surface area contributed by atoms with Crippen molar-refractivity contribution in [2.75, 3.05) is 33.4 Å². The predicted molar refractivity (Wildman–Crippen MR) is 65.7 cm³/mol. The molecule has 3 atom stereocenters. The van der Waals surface area contributed by atoms with E-state index < -0.39 is 5.60 Å². The molecule has 1 saturated heterocycles. The van der Waals surface area contributed by atoms with Gasteiger partial charge in [-0.15, -0.1) is 0 Å². The maximum Gasteiger partial charge on any atom is 0.224 e. The molecule has 0 aromatic heterocycles. The molecule has 1 amide bonds. The fraction of sp³-hybridized carbons (Fsp3) is 0.917. The molecule has 1 aliphatic heterocycles. The molecule has 1 unspecified atom stereocenters. The summed E-state index contributed by atoms with van der Waals surface area (Å²) in [7, 11) is 1.60. The maximum atomic E-state index is 11.9. The molecule has 0 aromatic carbocycles. The van der Waals surface area contributed by atoms with Crippen LogP contribution in [0.5, 0.6) is 0 Å². The molecule has 1 fully saturated rings. The molecule has 3 N–H and O–H groups in total. The third-order valence-corrected chi connectivity index (χ3v) is 3.34. The highest BCUT2D eigenvalue weighted by atomic mass is 16.5. The van der Waals surface area contributed by atoms with Gasteiger partial charge in [-0.05, 0) is 19.4 Å². The van der Waals surface area contributed by atoms with Crippen molar-refractivity contribution in [1.29, 1.82) is 0 Å². The first-order valence-electron chi connectivity index (χ1n) is 6.16. The van der Waals surface area contributed by atoms with E-state index in [0.717, 1.165) is 13.1 Å². The van der Waals surface area contributed by atoms with Gasteiger partial charge in [-0.25, -0.2) is 0 Å². The Morgan fingerprint density at radius 2 is 2.29 bits per heavy atom. The van der Waals surface area contributed by atoms with Crippen LogP contribution >= 0.6 is 0 Å². The van der Waals surface area contributed by atoms with E-state index in [1.165, 1.54) is 0 Å². The summed E-state index contributed by atoms with van der Waals surface area (Å²) in [5, 5.41) is 16.0. The highest BCUT2D eigenvalue weighted by molar-refractivity contribution is 5.79. The number of amides is 1. The molecule has 1 rings (SSSR count). The van der Waals surface area contributed by atoms with Crippen LogP contribution in [-0.4, -0.2) is 50.0 Å². The molecule has 0 saturated carbocycles. The first-order valence-corrected chi connectivity index (χ1v) is 6.16. The molecule has 1 aliphatic rings. The van der Waals surface area contributed by atoms with Crippen LogP contribution in [-0.2, 0) is 9.53 Å². The Morgan fingerprint density at radius 1 is 1.59 bits per heavy atom. The number of aliphatic hydroxyl groups is 1. The highest BCUT2D eigenvalue weighted by Crippen LogP contribution is 2.16. The monoisotopic (exact) mass is 244 g/mol. The summed E-state index contributed by atoms with van der Waals surface area (Å²) in [5.74, 6) is 0.410. The fourth-order valence-corrected chi connectivity index (χ4v) is 1.98. The first-order chi connectivity index (χ1) is 7.96. The van der Waals surface area contributed by atoms with E-state index in [4.69, 9.17) is 4.74 Å². The van der Waals surface area contributed by atoms with Gasteiger partial charge in [0, 0.05) is 33.2 Å². The zero-order valence-corrected chi connectivity index (χ0v) is 11.0. The van der Waals surface area contributed by atoms with Crippen LogP contribution in [0.25, 0.3) is 0 Å². The number of hydrogen-bond donors (Lipinski definition) is 3. The van der Waals surface area contributed by atoms with Crippen molar-refractivity contribution in [2.24, 2.45) is 11.8 Å². The smallest absolute Gasteiger partial charge is 0.224 e. The summed E-state index contributed by atoms with van der Waals surface area (Å²) >= 11 is 0. The first kappa shape index (κ1) is 14.4. The Labute approximate surface area is 103 Å². The molecule has 0 radical (unpaired) electrons. The zero-order valence-electron chi connectivity index (χ0n) is 11.0. The maximum absolute atomic E-state index is 11.9. The van der Waals surface area contributed by atoms with Gasteiger partial charge in [-0.2, -0.15) is 0 Å². The van der Waals surface area contributed by atoms with Gasteiger partial charge < -0.3 is 20.5 Å². The van der Waals surface area contributed by atoms with E-state index in [1.54, 1.807) is 14.0 Å². The van der Waals surface area contributed by atoms with Crippen LogP contribution in [0, 0.1) is 11.8 Å². The van der Waals surface area contributed by atoms with E-state index in [2.05, 4.69) is 17.6 Å². The lowest BCUT2D eigenvalue weighted by molar-refractivity contribution is -0.126. The summed E-state index contributed by atoms with van der Waals surface area (Å²) in [6, 6.07) is 0. The minimum absolute atomic E-state index is 0.0215. The van der Waals surface area contributed by atoms with Crippen molar-refractivity contribution in [2.45, 2.75) is 25.9 Å². The van der Waals surface area contributed by atoms with Crippen molar-refractivity contribution < 1.29 is 14.6 Å². The number of ether oxygens (including phenoxy) is 1. The fourth-order valence-electron chi connectivity index (χ4n) is 1.98. The average molecular weight is 244 g/mol. The topological polar surface area (TPSA) is 70.6 Å². The molecule has 17 heavy (non-hydrogen) atoms. The summed E-state index contributed by atoms with van der Waals surface area (Å²) in [5.41, 5.74) is -0.902. The normalized spacial score (nSPS) is 27.8. The van der Waals surface area contributed by atoms with Gasteiger partial charge in [0.05, 0.1) is 11.5 Å². The molecule has 0 aromatic rings. The summed E-state index contributed by atoms with van der Waals surface area (Å²) < 4.78 is 4.92. The lowest BCUT2D eigenvalue weighted by Crippen LogP contribution is -2.44. The molecule has 0 aliphatic carbocycles. The summed E-state index contributed by atoms with van der Waals surface area (Å²) in [6.07, 6.45) is 0.516. The highest BCUT2D eigenvalue weighted by Gasteiger charge is 2.30. The minimum Gasteiger partial charge on any atom is -0.388 e. The number of carbonyl (C=O) groups is 1. The Balaban J connectivity index is 2.31. The Bertz CT molecular complexity index is 256. The second kappa shape index (κ2) is 6.33. The van der Waals surface area contributed by atoms with E-state index >= 15 is 0 Å². The predicted octanol–water partition coefficient (Wildman–Crippen LogP) is -0.254. The molecule has 5 heteroatoms. The van der Waals surface area contributed by atoms with Gasteiger partial charge in [0.1, 0.15) is 0 Å². The molecular formula is C12H24N2O3. The second-order valence-electron chi connectivity index (χ2n) is 5.20. The quantitative estimate of drug-likeness (QED) is 0.602. The number of rotatable bonds is 6. The van der Waals surface area contributed by atoms with Crippen LogP contribution in [0.3, 0.4) is 0 Å². The molecule has 100 valence electrons. The third kappa shape index (κ3) is 4.61. The van der Waals surface area contributed by atoms with Crippen LogP contribution in [0.1, 0.15) is 20.3 Å². The van der Waals surface area contributed by atoms with Crippen molar-refractivity contribution in [1.82, 2.24) is 10.6 Å².